The molecule has 2 heterocycles. The van der Waals surface area contributed by atoms with Crippen LogP contribution in [0, 0.1) is 5.92 Å². The third-order valence-electron chi connectivity index (χ3n) is 3.68. The van der Waals surface area contributed by atoms with Crippen LogP contribution >= 0.6 is 35.3 Å². The van der Waals surface area contributed by atoms with E-state index in [0.717, 1.165) is 71.3 Å². The maximum Gasteiger partial charge on any atom is 0.191 e. The van der Waals surface area contributed by atoms with Gasteiger partial charge in [0.2, 0.25) is 0 Å². The van der Waals surface area contributed by atoms with Gasteiger partial charge < -0.3 is 20.1 Å². The average Bonchev–Trinajstić information content (AvgIpc) is 3.24. The highest BCUT2D eigenvalue weighted by Gasteiger charge is 2.15. The lowest BCUT2D eigenvalue weighted by Crippen LogP contribution is -2.38. The quantitative estimate of drug-likeness (QED) is 0.241. The van der Waals surface area contributed by atoms with Gasteiger partial charge in [0.05, 0.1) is 13.2 Å². The summed E-state index contributed by atoms with van der Waals surface area (Å²) in [6.45, 7) is 8.00. The zero-order chi connectivity index (χ0) is 16.2. The van der Waals surface area contributed by atoms with Crippen molar-refractivity contribution in [1.29, 1.82) is 0 Å². The van der Waals surface area contributed by atoms with Crippen molar-refractivity contribution >= 4 is 41.3 Å². The van der Waals surface area contributed by atoms with E-state index in [1.54, 1.807) is 11.3 Å². The zero-order valence-corrected chi connectivity index (χ0v) is 17.6. The van der Waals surface area contributed by atoms with Crippen LogP contribution in [-0.2, 0) is 15.9 Å². The fourth-order valence-electron chi connectivity index (χ4n) is 2.42. The van der Waals surface area contributed by atoms with Crippen LogP contribution in [0.3, 0.4) is 0 Å². The van der Waals surface area contributed by atoms with Crippen molar-refractivity contribution in [1.82, 2.24) is 10.6 Å². The van der Waals surface area contributed by atoms with Gasteiger partial charge in [0.25, 0.3) is 0 Å². The van der Waals surface area contributed by atoms with Gasteiger partial charge in [-0.2, -0.15) is 0 Å². The Morgan fingerprint density at radius 2 is 2.38 bits per heavy atom. The minimum absolute atomic E-state index is 0. The van der Waals surface area contributed by atoms with E-state index < -0.39 is 0 Å². The number of aliphatic imine (C=N–C) groups is 1. The third kappa shape index (κ3) is 9.19. The Kier molecular flexibility index (Phi) is 12.5. The molecule has 24 heavy (non-hydrogen) atoms. The van der Waals surface area contributed by atoms with Gasteiger partial charge in [0.15, 0.2) is 5.96 Å². The minimum atomic E-state index is 0. The fraction of sp³-hybridized carbons (Fsp3) is 0.706. The smallest absolute Gasteiger partial charge is 0.191 e. The molecule has 1 atom stereocenters. The van der Waals surface area contributed by atoms with Crippen LogP contribution in [-0.4, -0.2) is 52.0 Å². The molecule has 1 aliphatic rings. The number of nitrogens with zero attached hydrogens (tertiary/aromatic N) is 1. The molecular formula is C17H30IN3O2S. The normalized spacial score (nSPS) is 17.5. The van der Waals surface area contributed by atoms with Crippen molar-refractivity contribution in [3.8, 4) is 0 Å². The molecule has 0 saturated carbocycles. The van der Waals surface area contributed by atoms with Crippen LogP contribution in [0.2, 0.25) is 0 Å². The minimum Gasteiger partial charge on any atom is -0.381 e. The third-order valence-corrected chi connectivity index (χ3v) is 4.62. The first-order valence-corrected chi connectivity index (χ1v) is 9.46. The SMILES string of the molecule is CCNC(=NCCCOCC1CCOC1)NCCc1cccs1.I. The highest BCUT2D eigenvalue weighted by molar-refractivity contribution is 14.0. The summed E-state index contributed by atoms with van der Waals surface area (Å²) < 4.78 is 11.0. The van der Waals surface area contributed by atoms with Gasteiger partial charge in [-0.3, -0.25) is 4.99 Å². The molecule has 0 bridgehead atoms. The number of hydrogen-bond donors (Lipinski definition) is 2. The first-order valence-electron chi connectivity index (χ1n) is 8.58. The molecule has 0 spiro atoms. The molecule has 1 aliphatic heterocycles. The first kappa shape index (κ1) is 21.7. The number of nitrogens with one attached hydrogen (secondary N) is 2. The lowest BCUT2D eigenvalue weighted by Gasteiger charge is -2.11. The van der Waals surface area contributed by atoms with Crippen molar-refractivity contribution in [2.75, 3.05) is 46.1 Å². The molecule has 7 heteroatoms. The summed E-state index contributed by atoms with van der Waals surface area (Å²) in [5, 5.41) is 8.78. The summed E-state index contributed by atoms with van der Waals surface area (Å²) >= 11 is 1.80. The largest absolute Gasteiger partial charge is 0.381 e. The Bertz CT molecular complexity index is 437. The predicted octanol–water partition coefficient (Wildman–Crippen LogP) is 2.91. The lowest BCUT2D eigenvalue weighted by atomic mass is 10.1. The van der Waals surface area contributed by atoms with Crippen molar-refractivity contribution < 1.29 is 9.47 Å². The molecule has 0 aromatic carbocycles. The molecule has 5 nitrogen and oxygen atoms in total. The molecule has 1 aromatic rings. The highest BCUT2D eigenvalue weighted by atomic mass is 127. The molecule has 2 N–H and O–H groups in total. The maximum atomic E-state index is 5.70. The summed E-state index contributed by atoms with van der Waals surface area (Å²) in [5.74, 6) is 1.49. The van der Waals surface area contributed by atoms with Crippen molar-refractivity contribution in [3.63, 3.8) is 0 Å². The van der Waals surface area contributed by atoms with E-state index in [4.69, 9.17) is 9.47 Å². The maximum absolute atomic E-state index is 5.70. The summed E-state index contributed by atoms with van der Waals surface area (Å²) in [5.41, 5.74) is 0. The van der Waals surface area contributed by atoms with E-state index in [1.165, 1.54) is 4.88 Å². The molecule has 138 valence electrons. The summed E-state index contributed by atoms with van der Waals surface area (Å²) in [4.78, 5) is 6.00. The number of ether oxygens (including phenoxy) is 2. The van der Waals surface area contributed by atoms with Crippen LogP contribution in [0.25, 0.3) is 0 Å². The standard InChI is InChI=1S/C17H29N3O2S.HI/c1-2-18-17(20-9-6-16-5-3-12-23-16)19-8-4-10-21-13-15-7-11-22-14-15;/h3,5,12,15H,2,4,6-11,13-14H2,1H3,(H2,18,19,20);1H. The van der Waals surface area contributed by atoms with E-state index in [2.05, 4.69) is 40.1 Å². The van der Waals surface area contributed by atoms with E-state index in [9.17, 15) is 0 Å². The average molecular weight is 467 g/mol. The highest BCUT2D eigenvalue weighted by Crippen LogP contribution is 2.12. The van der Waals surface area contributed by atoms with Crippen LogP contribution in [0.15, 0.2) is 22.5 Å². The number of guanidine groups is 1. The van der Waals surface area contributed by atoms with Crippen LogP contribution < -0.4 is 10.6 Å². The van der Waals surface area contributed by atoms with E-state index >= 15 is 0 Å². The molecule has 1 unspecified atom stereocenters. The van der Waals surface area contributed by atoms with Crippen molar-refractivity contribution in [2.24, 2.45) is 10.9 Å². The second kappa shape index (κ2) is 13.9. The zero-order valence-electron chi connectivity index (χ0n) is 14.5. The number of hydrogen-bond acceptors (Lipinski definition) is 4. The number of rotatable bonds is 10. The Balaban J connectivity index is 0.00000288. The molecule has 0 amide bonds. The van der Waals surface area contributed by atoms with Crippen LogP contribution in [0.4, 0.5) is 0 Å². The Morgan fingerprint density at radius 3 is 3.08 bits per heavy atom. The lowest BCUT2D eigenvalue weighted by molar-refractivity contribution is 0.0893. The molecule has 1 saturated heterocycles. The summed E-state index contributed by atoms with van der Waals surface area (Å²) in [6, 6.07) is 4.26. The van der Waals surface area contributed by atoms with Gasteiger partial charge in [0, 0.05) is 43.6 Å². The summed E-state index contributed by atoms with van der Waals surface area (Å²) in [7, 11) is 0. The molecule has 2 rings (SSSR count). The number of thiophene rings is 1. The second-order valence-electron chi connectivity index (χ2n) is 5.67. The molecular weight excluding hydrogens is 437 g/mol. The van der Waals surface area contributed by atoms with Crippen molar-refractivity contribution in [3.05, 3.63) is 22.4 Å². The van der Waals surface area contributed by atoms with Crippen LogP contribution in [0.5, 0.6) is 0 Å². The fourth-order valence-corrected chi connectivity index (χ4v) is 3.13. The van der Waals surface area contributed by atoms with Gasteiger partial charge in [-0.05, 0) is 37.6 Å². The van der Waals surface area contributed by atoms with E-state index in [-0.39, 0.29) is 24.0 Å². The van der Waals surface area contributed by atoms with Crippen molar-refractivity contribution in [2.45, 2.75) is 26.2 Å². The Hall–Kier alpha value is -0.380. The predicted molar refractivity (Wildman–Crippen MR) is 112 cm³/mol. The van der Waals surface area contributed by atoms with Gasteiger partial charge in [-0.1, -0.05) is 6.07 Å². The molecule has 0 aliphatic carbocycles. The first-order chi connectivity index (χ1) is 11.4. The molecule has 0 radical (unpaired) electrons. The monoisotopic (exact) mass is 467 g/mol. The number of halogens is 1. The van der Waals surface area contributed by atoms with Crippen LogP contribution in [0.1, 0.15) is 24.6 Å². The van der Waals surface area contributed by atoms with E-state index in [0.29, 0.717) is 5.92 Å². The van der Waals surface area contributed by atoms with Gasteiger partial charge in [-0.25, -0.2) is 0 Å². The van der Waals surface area contributed by atoms with Gasteiger partial charge in [-0.15, -0.1) is 35.3 Å². The Morgan fingerprint density at radius 1 is 1.46 bits per heavy atom. The summed E-state index contributed by atoms with van der Waals surface area (Å²) in [6.07, 6.45) is 3.13. The van der Waals surface area contributed by atoms with Gasteiger partial charge in [0.1, 0.15) is 0 Å². The Labute approximate surface area is 166 Å². The molecule has 1 aromatic heterocycles. The topological polar surface area (TPSA) is 54.9 Å². The van der Waals surface area contributed by atoms with E-state index in [1.807, 2.05) is 0 Å². The van der Waals surface area contributed by atoms with Gasteiger partial charge >= 0.3 is 0 Å². The molecule has 1 fully saturated rings. The second-order valence-corrected chi connectivity index (χ2v) is 6.71.